The highest BCUT2D eigenvalue weighted by atomic mass is 32.1. The Bertz CT molecular complexity index is 595. The van der Waals surface area contributed by atoms with Gasteiger partial charge in [0.15, 0.2) is 5.82 Å². The summed E-state index contributed by atoms with van der Waals surface area (Å²) in [5.74, 6) is 2.34. The van der Waals surface area contributed by atoms with E-state index in [1.807, 2.05) is 0 Å². The van der Waals surface area contributed by atoms with Crippen molar-refractivity contribution in [2.45, 2.75) is 39.0 Å². The van der Waals surface area contributed by atoms with Crippen molar-refractivity contribution < 1.29 is 4.52 Å². The van der Waals surface area contributed by atoms with Crippen LogP contribution in [0.15, 0.2) is 4.52 Å². The van der Waals surface area contributed by atoms with E-state index in [4.69, 9.17) is 10.3 Å². The second-order valence-electron chi connectivity index (χ2n) is 5.85. The number of rotatable bonds is 4. The van der Waals surface area contributed by atoms with Gasteiger partial charge < -0.3 is 15.2 Å². The van der Waals surface area contributed by atoms with E-state index in [0.717, 1.165) is 49.2 Å². The van der Waals surface area contributed by atoms with Crippen molar-refractivity contribution in [3.05, 3.63) is 11.7 Å². The lowest BCUT2D eigenvalue weighted by molar-refractivity contribution is 0.329. The highest BCUT2D eigenvalue weighted by molar-refractivity contribution is 7.18. The van der Waals surface area contributed by atoms with Crippen molar-refractivity contribution in [2.24, 2.45) is 5.92 Å². The zero-order valence-corrected chi connectivity index (χ0v) is 13.1. The van der Waals surface area contributed by atoms with Gasteiger partial charge in [-0.15, -0.1) is 10.2 Å². The number of aromatic nitrogens is 4. The van der Waals surface area contributed by atoms with E-state index < -0.39 is 0 Å². The molecule has 2 aromatic rings. The lowest BCUT2D eigenvalue weighted by Gasteiger charge is -2.30. The Morgan fingerprint density at radius 3 is 3.00 bits per heavy atom. The molecule has 1 fully saturated rings. The van der Waals surface area contributed by atoms with Crippen LogP contribution in [0.1, 0.15) is 44.3 Å². The van der Waals surface area contributed by atoms with E-state index >= 15 is 0 Å². The molecule has 0 spiro atoms. The lowest BCUT2D eigenvalue weighted by atomic mass is 9.98. The van der Waals surface area contributed by atoms with Gasteiger partial charge in [-0.25, -0.2) is 0 Å². The molecule has 21 heavy (non-hydrogen) atoms. The fourth-order valence-corrected chi connectivity index (χ4v) is 3.23. The zero-order chi connectivity index (χ0) is 14.8. The Kier molecular flexibility index (Phi) is 4.05. The Balaban J connectivity index is 1.69. The van der Waals surface area contributed by atoms with Crippen molar-refractivity contribution in [3.8, 4) is 0 Å². The lowest BCUT2D eigenvalue weighted by Crippen LogP contribution is -2.34. The Labute approximate surface area is 127 Å². The van der Waals surface area contributed by atoms with Gasteiger partial charge in [0.05, 0.1) is 5.92 Å². The van der Waals surface area contributed by atoms with E-state index in [2.05, 4.69) is 39.1 Å². The summed E-state index contributed by atoms with van der Waals surface area (Å²) in [6.07, 6.45) is 2.99. The normalized spacial score (nSPS) is 19.4. The first-order chi connectivity index (χ1) is 10.1. The van der Waals surface area contributed by atoms with Gasteiger partial charge in [0, 0.05) is 19.5 Å². The second kappa shape index (κ2) is 5.97. The van der Waals surface area contributed by atoms with E-state index in [0.29, 0.717) is 11.0 Å². The summed E-state index contributed by atoms with van der Waals surface area (Å²) >= 11 is 1.42. The average Bonchev–Trinajstić information content (AvgIpc) is 3.07. The van der Waals surface area contributed by atoms with Gasteiger partial charge in [-0.2, -0.15) is 4.98 Å². The van der Waals surface area contributed by atoms with Crippen molar-refractivity contribution >= 4 is 21.6 Å². The van der Waals surface area contributed by atoms with Crippen LogP contribution in [0.3, 0.4) is 0 Å². The third-order valence-electron chi connectivity index (χ3n) is 3.55. The second-order valence-corrected chi connectivity index (χ2v) is 6.84. The first-order valence-corrected chi connectivity index (χ1v) is 8.10. The molecule has 1 aliphatic heterocycles. The van der Waals surface area contributed by atoms with Crippen molar-refractivity contribution in [1.29, 1.82) is 0 Å². The van der Waals surface area contributed by atoms with Crippen LogP contribution in [0.2, 0.25) is 0 Å². The Morgan fingerprint density at radius 2 is 2.29 bits per heavy atom. The molecule has 7 nitrogen and oxygen atoms in total. The molecule has 2 aromatic heterocycles. The first kappa shape index (κ1) is 14.2. The quantitative estimate of drug-likeness (QED) is 0.924. The van der Waals surface area contributed by atoms with Crippen LogP contribution in [0.4, 0.5) is 10.3 Å². The molecule has 1 aliphatic rings. The van der Waals surface area contributed by atoms with Gasteiger partial charge in [-0.3, -0.25) is 0 Å². The molecule has 1 unspecified atom stereocenters. The van der Waals surface area contributed by atoms with Crippen LogP contribution < -0.4 is 10.6 Å². The molecule has 0 aromatic carbocycles. The van der Waals surface area contributed by atoms with Crippen LogP contribution in [0, 0.1) is 5.92 Å². The monoisotopic (exact) mass is 308 g/mol. The summed E-state index contributed by atoms with van der Waals surface area (Å²) in [5, 5.41) is 13.5. The fraction of sp³-hybridized carbons (Fsp3) is 0.692. The minimum atomic E-state index is 0.261. The maximum atomic E-state index is 5.66. The summed E-state index contributed by atoms with van der Waals surface area (Å²) in [6, 6.07) is 0. The van der Waals surface area contributed by atoms with Crippen LogP contribution in [0.25, 0.3) is 0 Å². The van der Waals surface area contributed by atoms with Gasteiger partial charge in [-0.05, 0) is 18.8 Å². The molecular weight excluding hydrogens is 288 g/mol. The minimum absolute atomic E-state index is 0.261. The molecule has 114 valence electrons. The average molecular weight is 308 g/mol. The third kappa shape index (κ3) is 3.31. The predicted octanol–water partition coefficient (Wildman–Crippen LogP) is 2.09. The molecule has 1 atom stereocenters. The molecule has 2 N–H and O–H groups in total. The van der Waals surface area contributed by atoms with Crippen LogP contribution in [0.5, 0.6) is 0 Å². The molecule has 0 bridgehead atoms. The minimum Gasteiger partial charge on any atom is -0.374 e. The molecule has 0 amide bonds. The number of nitrogens with zero attached hydrogens (tertiary/aromatic N) is 5. The number of nitrogen functional groups attached to an aromatic ring is 1. The summed E-state index contributed by atoms with van der Waals surface area (Å²) in [7, 11) is 0. The molecule has 0 saturated carbocycles. The number of nitrogens with two attached hydrogens (primary N) is 1. The molecule has 3 heterocycles. The summed E-state index contributed by atoms with van der Waals surface area (Å²) in [4.78, 5) is 6.75. The van der Waals surface area contributed by atoms with Gasteiger partial charge in [-0.1, -0.05) is 30.3 Å². The molecule has 0 radical (unpaired) electrons. The summed E-state index contributed by atoms with van der Waals surface area (Å²) in [6.45, 7) is 6.10. The van der Waals surface area contributed by atoms with Gasteiger partial charge in [0.2, 0.25) is 16.2 Å². The number of hydrogen-bond acceptors (Lipinski definition) is 8. The van der Waals surface area contributed by atoms with Crippen LogP contribution in [-0.2, 0) is 6.42 Å². The van der Waals surface area contributed by atoms with E-state index in [9.17, 15) is 0 Å². The smallest absolute Gasteiger partial charge is 0.231 e. The highest BCUT2D eigenvalue weighted by Gasteiger charge is 2.27. The summed E-state index contributed by atoms with van der Waals surface area (Å²) in [5.41, 5.74) is 5.66. The summed E-state index contributed by atoms with van der Waals surface area (Å²) < 4.78 is 5.45. The SMILES string of the molecule is CC(C)Cc1noc(C2CCCN(c3nnc(N)s3)C2)n1. The number of anilines is 2. The maximum absolute atomic E-state index is 5.66. The Hall–Kier alpha value is -1.70. The van der Waals surface area contributed by atoms with Crippen LogP contribution in [-0.4, -0.2) is 33.4 Å². The standard InChI is InChI=1S/C13H20N6OS/c1-8(2)6-10-15-11(20-18-10)9-4-3-5-19(7-9)13-17-16-12(14)21-13/h8-9H,3-7H2,1-2H3,(H2,14,16). The fourth-order valence-electron chi connectivity index (χ4n) is 2.59. The predicted molar refractivity (Wildman–Crippen MR) is 81.3 cm³/mol. The zero-order valence-electron chi connectivity index (χ0n) is 12.3. The van der Waals surface area contributed by atoms with E-state index in [-0.39, 0.29) is 5.92 Å². The largest absolute Gasteiger partial charge is 0.374 e. The van der Waals surface area contributed by atoms with Crippen LogP contribution >= 0.6 is 11.3 Å². The molecule has 8 heteroatoms. The van der Waals surface area contributed by atoms with E-state index in [1.165, 1.54) is 11.3 Å². The van der Waals surface area contributed by atoms with Crippen molar-refractivity contribution in [2.75, 3.05) is 23.7 Å². The number of hydrogen-bond donors (Lipinski definition) is 1. The molecule has 3 rings (SSSR count). The molecule has 1 saturated heterocycles. The van der Waals surface area contributed by atoms with Crippen molar-refractivity contribution in [1.82, 2.24) is 20.3 Å². The molecule has 0 aliphatic carbocycles. The Morgan fingerprint density at radius 1 is 1.43 bits per heavy atom. The van der Waals surface area contributed by atoms with Gasteiger partial charge in [0.1, 0.15) is 0 Å². The maximum Gasteiger partial charge on any atom is 0.231 e. The molecular formula is C13H20N6OS. The van der Waals surface area contributed by atoms with E-state index in [1.54, 1.807) is 0 Å². The van der Waals surface area contributed by atoms with Crippen molar-refractivity contribution in [3.63, 3.8) is 0 Å². The topological polar surface area (TPSA) is 94.0 Å². The van der Waals surface area contributed by atoms with Gasteiger partial charge in [0.25, 0.3) is 0 Å². The number of piperidine rings is 1. The van der Waals surface area contributed by atoms with Gasteiger partial charge >= 0.3 is 0 Å². The highest BCUT2D eigenvalue weighted by Crippen LogP contribution is 2.31. The first-order valence-electron chi connectivity index (χ1n) is 7.28. The third-order valence-corrected chi connectivity index (χ3v) is 4.36.